The molecule has 1 heterocycles. The Morgan fingerprint density at radius 3 is 2.53 bits per heavy atom. The number of hydrogen-bond donors (Lipinski definition) is 1. The maximum Gasteiger partial charge on any atom is 0.0223 e. The second kappa shape index (κ2) is 6.49. The summed E-state index contributed by atoms with van der Waals surface area (Å²) in [5.74, 6) is 1.60. The van der Waals surface area contributed by atoms with Crippen molar-refractivity contribution in [2.45, 2.75) is 46.6 Å². The van der Waals surface area contributed by atoms with Crippen LogP contribution in [0.15, 0.2) is 0 Å². The van der Waals surface area contributed by atoms with E-state index in [9.17, 15) is 0 Å². The lowest BCUT2D eigenvalue weighted by atomic mass is 10.0. The van der Waals surface area contributed by atoms with Gasteiger partial charge in [-0.05, 0) is 37.8 Å². The highest BCUT2D eigenvalue weighted by Gasteiger charge is 2.21. The molecule has 1 aliphatic rings. The molecule has 0 bridgehead atoms. The molecular formula is C13H28N2. The summed E-state index contributed by atoms with van der Waals surface area (Å²) in [5.41, 5.74) is 0. The monoisotopic (exact) mass is 212 g/mol. The minimum absolute atomic E-state index is 0.759. The summed E-state index contributed by atoms with van der Waals surface area (Å²) >= 11 is 0. The van der Waals surface area contributed by atoms with Crippen molar-refractivity contribution in [2.24, 2.45) is 11.8 Å². The lowest BCUT2D eigenvalue weighted by Gasteiger charge is -2.32. The van der Waals surface area contributed by atoms with Crippen LogP contribution in [0.25, 0.3) is 0 Å². The molecule has 0 aromatic heterocycles. The first-order valence-corrected chi connectivity index (χ1v) is 6.54. The molecule has 1 unspecified atom stereocenters. The normalized spacial score (nSPS) is 24.8. The Morgan fingerprint density at radius 1 is 1.20 bits per heavy atom. The molecule has 1 aliphatic heterocycles. The van der Waals surface area contributed by atoms with Crippen LogP contribution in [0.5, 0.6) is 0 Å². The average Bonchev–Trinajstić information content (AvgIpc) is 2.30. The van der Waals surface area contributed by atoms with E-state index in [0.29, 0.717) is 0 Å². The van der Waals surface area contributed by atoms with Gasteiger partial charge in [-0.15, -0.1) is 0 Å². The summed E-state index contributed by atoms with van der Waals surface area (Å²) in [6.07, 6.45) is 2.64. The van der Waals surface area contributed by atoms with Gasteiger partial charge in [0.05, 0.1) is 0 Å². The largest absolute Gasteiger partial charge is 0.315 e. The van der Waals surface area contributed by atoms with Crippen LogP contribution in [0.1, 0.15) is 40.5 Å². The van der Waals surface area contributed by atoms with Crippen molar-refractivity contribution >= 4 is 0 Å². The quantitative estimate of drug-likeness (QED) is 0.769. The molecule has 0 aromatic rings. The van der Waals surface area contributed by atoms with Crippen LogP contribution in [-0.4, -0.2) is 37.1 Å². The van der Waals surface area contributed by atoms with E-state index in [0.717, 1.165) is 17.9 Å². The molecule has 1 atom stereocenters. The van der Waals surface area contributed by atoms with Crippen LogP contribution < -0.4 is 5.32 Å². The first-order chi connectivity index (χ1) is 7.09. The molecule has 15 heavy (non-hydrogen) atoms. The van der Waals surface area contributed by atoms with E-state index in [1.807, 2.05) is 0 Å². The Hall–Kier alpha value is -0.0800. The van der Waals surface area contributed by atoms with Gasteiger partial charge in [-0.3, -0.25) is 4.90 Å². The van der Waals surface area contributed by atoms with Gasteiger partial charge >= 0.3 is 0 Å². The summed E-state index contributed by atoms with van der Waals surface area (Å²) < 4.78 is 0. The summed E-state index contributed by atoms with van der Waals surface area (Å²) in [5, 5.41) is 3.56. The Morgan fingerprint density at radius 2 is 1.93 bits per heavy atom. The third-order valence-electron chi connectivity index (χ3n) is 3.04. The zero-order chi connectivity index (χ0) is 11.3. The minimum Gasteiger partial charge on any atom is -0.315 e. The molecule has 1 rings (SSSR count). The molecule has 0 aliphatic carbocycles. The van der Waals surface area contributed by atoms with Crippen molar-refractivity contribution in [1.29, 1.82) is 0 Å². The van der Waals surface area contributed by atoms with Crippen molar-refractivity contribution in [3.05, 3.63) is 0 Å². The van der Waals surface area contributed by atoms with Crippen LogP contribution in [0.4, 0.5) is 0 Å². The van der Waals surface area contributed by atoms with Crippen molar-refractivity contribution in [3.8, 4) is 0 Å². The maximum atomic E-state index is 3.56. The zero-order valence-corrected chi connectivity index (χ0v) is 10.9. The first kappa shape index (κ1) is 13.0. The molecule has 2 nitrogen and oxygen atoms in total. The smallest absolute Gasteiger partial charge is 0.0223 e. The molecule has 2 heteroatoms. The number of hydrogen-bond acceptors (Lipinski definition) is 2. The highest BCUT2D eigenvalue weighted by molar-refractivity contribution is 4.79. The first-order valence-electron chi connectivity index (χ1n) is 6.54. The molecule has 0 spiro atoms. The van der Waals surface area contributed by atoms with Gasteiger partial charge in [0.25, 0.3) is 0 Å². The van der Waals surface area contributed by atoms with E-state index in [2.05, 4.69) is 37.9 Å². The third kappa shape index (κ3) is 4.98. The fourth-order valence-corrected chi connectivity index (χ4v) is 2.47. The van der Waals surface area contributed by atoms with Crippen molar-refractivity contribution in [3.63, 3.8) is 0 Å². The number of rotatable bonds is 4. The third-order valence-corrected chi connectivity index (χ3v) is 3.04. The Labute approximate surface area is 95.4 Å². The highest BCUT2D eigenvalue weighted by Crippen LogP contribution is 2.15. The van der Waals surface area contributed by atoms with E-state index in [4.69, 9.17) is 0 Å². The van der Waals surface area contributed by atoms with Gasteiger partial charge in [0.15, 0.2) is 0 Å². The zero-order valence-electron chi connectivity index (χ0n) is 10.9. The van der Waals surface area contributed by atoms with Crippen LogP contribution >= 0.6 is 0 Å². The molecular weight excluding hydrogens is 184 g/mol. The molecule has 0 aromatic carbocycles. The second-order valence-electron chi connectivity index (χ2n) is 5.73. The Balaban J connectivity index is 2.50. The summed E-state index contributed by atoms with van der Waals surface area (Å²) in [4.78, 5) is 2.70. The van der Waals surface area contributed by atoms with E-state index >= 15 is 0 Å². The Bertz CT molecular complexity index is 148. The highest BCUT2D eigenvalue weighted by atomic mass is 15.2. The second-order valence-corrected chi connectivity index (χ2v) is 5.73. The van der Waals surface area contributed by atoms with Crippen molar-refractivity contribution in [2.75, 3.05) is 26.2 Å². The van der Waals surface area contributed by atoms with Gasteiger partial charge in [0, 0.05) is 19.1 Å². The van der Waals surface area contributed by atoms with Crippen molar-refractivity contribution < 1.29 is 0 Å². The van der Waals surface area contributed by atoms with Gasteiger partial charge in [-0.25, -0.2) is 0 Å². The predicted molar refractivity (Wildman–Crippen MR) is 67.1 cm³/mol. The fourth-order valence-electron chi connectivity index (χ4n) is 2.47. The molecule has 1 N–H and O–H groups in total. The SMILES string of the molecule is CC(C)CC1CNCCCN1CC(C)C. The van der Waals surface area contributed by atoms with Gasteiger partial charge in [-0.1, -0.05) is 27.7 Å². The lowest BCUT2D eigenvalue weighted by molar-refractivity contribution is 0.166. The average molecular weight is 212 g/mol. The summed E-state index contributed by atoms with van der Waals surface area (Å²) in [6.45, 7) is 14.2. The van der Waals surface area contributed by atoms with Crippen LogP contribution in [0.2, 0.25) is 0 Å². The number of nitrogens with one attached hydrogen (secondary N) is 1. The van der Waals surface area contributed by atoms with E-state index in [1.54, 1.807) is 0 Å². The van der Waals surface area contributed by atoms with E-state index in [-0.39, 0.29) is 0 Å². The van der Waals surface area contributed by atoms with E-state index < -0.39 is 0 Å². The fraction of sp³-hybridized carbons (Fsp3) is 1.00. The maximum absolute atomic E-state index is 3.56. The van der Waals surface area contributed by atoms with Gasteiger partial charge in [-0.2, -0.15) is 0 Å². The van der Waals surface area contributed by atoms with Crippen molar-refractivity contribution in [1.82, 2.24) is 10.2 Å². The summed E-state index contributed by atoms with van der Waals surface area (Å²) in [7, 11) is 0. The van der Waals surface area contributed by atoms with E-state index in [1.165, 1.54) is 39.0 Å². The number of nitrogens with zero attached hydrogens (tertiary/aromatic N) is 1. The van der Waals surface area contributed by atoms with Gasteiger partial charge in [0.2, 0.25) is 0 Å². The van der Waals surface area contributed by atoms with Gasteiger partial charge in [0.1, 0.15) is 0 Å². The molecule has 1 fully saturated rings. The minimum atomic E-state index is 0.759. The van der Waals surface area contributed by atoms with Gasteiger partial charge < -0.3 is 5.32 Å². The molecule has 90 valence electrons. The summed E-state index contributed by atoms with van der Waals surface area (Å²) in [6, 6.07) is 0.759. The van der Waals surface area contributed by atoms with Crippen LogP contribution in [-0.2, 0) is 0 Å². The molecule has 0 amide bonds. The molecule has 0 saturated carbocycles. The standard InChI is InChI=1S/C13H28N2/c1-11(2)8-13-9-14-6-5-7-15(13)10-12(3)4/h11-14H,5-10H2,1-4H3. The molecule has 1 saturated heterocycles. The lowest BCUT2D eigenvalue weighted by Crippen LogP contribution is -2.42. The predicted octanol–water partition coefficient (Wildman–Crippen LogP) is 2.35. The van der Waals surface area contributed by atoms with Crippen LogP contribution in [0.3, 0.4) is 0 Å². The Kier molecular flexibility index (Phi) is 5.62. The topological polar surface area (TPSA) is 15.3 Å². The van der Waals surface area contributed by atoms with Crippen LogP contribution in [0, 0.1) is 11.8 Å². The molecule has 0 radical (unpaired) electrons.